The summed E-state index contributed by atoms with van der Waals surface area (Å²) in [6.45, 7) is 2.11. The number of carboxylic acid groups (broad SMARTS) is 1. The third kappa shape index (κ3) is 3.73. The number of hydrogen-bond acceptors (Lipinski definition) is 1. The first-order chi connectivity index (χ1) is 11.0. The highest BCUT2D eigenvalue weighted by Gasteiger charge is 2.24. The normalized spacial score (nSPS) is 10.8. The first kappa shape index (κ1) is 17.1. The molecule has 0 spiro atoms. The second-order valence-electron chi connectivity index (χ2n) is 5.37. The van der Waals surface area contributed by atoms with Crippen LogP contribution in [0.15, 0.2) is 30.3 Å². The number of carbonyl (C=O) groups is 1. The van der Waals surface area contributed by atoms with Crippen molar-refractivity contribution >= 4 is 5.97 Å². The van der Waals surface area contributed by atoms with Crippen LogP contribution in [0.25, 0.3) is 11.1 Å². The minimum absolute atomic E-state index is 0.172. The van der Waals surface area contributed by atoms with Crippen LogP contribution in [0.1, 0.15) is 42.1 Å². The van der Waals surface area contributed by atoms with Crippen LogP contribution in [-0.2, 0) is 6.42 Å². The van der Waals surface area contributed by atoms with E-state index in [1.807, 2.05) is 0 Å². The molecular weight excluding hydrogens is 305 g/mol. The molecule has 1 N–H and O–H groups in total. The Balaban J connectivity index is 2.40. The Morgan fingerprint density at radius 1 is 1.04 bits per heavy atom. The van der Waals surface area contributed by atoms with Gasteiger partial charge in [-0.3, -0.25) is 0 Å². The fourth-order valence-corrected chi connectivity index (χ4v) is 2.46. The van der Waals surface area contributed by atoms with E-state index in [9.17, 15) is 18.0 Å². The number of benzene rings is 2. The summed E-state index contributed by atoms with van der Waals surface area (Å²) in [4.78, 5) is 11.2. The van der Waals surface area contributed by atoms with Gasteiger partial charge < -0.3 is 5.11 Å². The van der Waals surface area contributed by atoms with Gasteiger partial charge in [0.1, 0.15) is 5.56 Å². The fraction of sp³-hybridized carbons (Fsp3) is 0.278. The van der Waals surface area contributed by atoms with Crippen molar-refractivity contribution in [1.29, 1.82) is 0 Å². The standard InChI is InChI=1S/C18H17F3O2/c1-2-3-4-5-11-6-8-12(9-7-11)13-10-14(19)16(20)17(21)15(13)18(22)23/h6-10H,2-5H2,1H3,(H,22,23). The van der Waals surface area contributed by atoms with Gasteiger partial charge in [-0.15, -0.1) is 0 Å². The summed E-state index contributed by atoms with van der Waals surface area (Å²) in [5, 5.41) is 9.09. The summed E-state index contributed by atoms with van der Waals surface area (Å²) in [5.74, 6) is -6.50. The molecule has 5 heteroatoms. The lowest BCUT2D eigenvalue weighted by atomic mass is 9.96. The summed E-state index contributed by atoms with van der Waals surface area (Å²) >= 11 is 0. The van der Waals surface area contributed by atoms with E-state index in [0.717, 1.165) is 31.2 Å². The highest BCUT2D eigenvalue weighted by atomic mass is 19.2. The van der Waals surface area contributed by atoms with Crippen LogP contribution < -0.4 is 0 Å². The number of aryl methyl sites for hydroxylation is 1. The van der Waals surface area contributed by atoms with Gasteiger partial charge >= 0.3 is 5.97 Å². The first-order valence-electron chi connectivity index (χ1n) is 7.45. The number of halogens is 3. The molecule has 0 unspecified atom stereocenters. The molecule has 2 rings (SSSR count). The number of aromatic carboxylic acids is 1. The molecule has 0 amide bonds. The van der Waals surface area contributed by atoms with Crippen molar-refractivity contribution in [1.82, 2.24) is 0 Å². The maximum Gasteiger partial charge on any atom is 0.339 e. The fourth-order valence-electron chi connectivity index (χ4n) is 2.46. The summed E-state index contributed by atoms with van der Waals surface area (Å²) in [7, 11) is 0. The predicted molar refractivity (Wildman–Crippen MR) is 81.9 cm³/mol. The van der Waals surface area contributed by atoms with Crippen molar-refractivity contribution in [2.45, 2.75) is 32.6 Å². The summed E-state index contributed by atoms with van der Waals surface area (Å²) in [6, 6.07) is 7.49. The van der Waals surface area contributed by atoms with E-state index in [2.05, 4.69) is 6.92 Å². The average molecular weight is 322 g/mol. The maximum atomic E-state index is 13.7. The molecule has 0 aliphatic carbocycles. The maximum absolute atomic E-state index is 13.7. The average Bonchev–Trinajstić information content (AvgIpc) is 2.53. The Morgan fingerprint density at radius 2 is 1.70 bits per heavy atom. The molecule has 23 heavy (non-hydrogen) atoms. The molecule has 2 aromatic carbocycles. The first-order valence-corrected chi connectivity index (χ1v) is 7.45. The third-order valence-corrected chi connectivity index (χ3v) is 3.71. The Bertz CT molecular complexity index is 709. The van der Waals surface area contributed by atoms with Gasteiger partial charge in [-0.05, 0) is 30.0 Å². The smallest absolute Gasteiger partial charge is 0.339 e. The molecule has 0 aliphatic heterocycles. The summed E-state index contributed by atoms with van der Waals surface area (Å²) in [5.41, 5.74) is 0.359. The van der Waals surface area contributed by atoms with Gasteiger partial charge in [-0.25, -0.2) is 18.0 Å². The van der Waals surface area contributed by atoms with Crippen LogP contribution in [0, 0.1) is 17.5 Å². The Hall–Kier alpha value is -2.30. The molecule has 0 saturated heterocycles. The minimum atomic E-state index is -1.78. The number of unbranched alkanes of at least 4 members (excludes halogenated alkanes) is 2. The number of carboxylic acids is 1. The van der Waals surface area contributed by atoms with Gasteiger partial charge in [0.05, 0.1) is 0 Å². The van der Waals surface area contributed by atoms with Crippen LogP contribution in [-0.4, -0.2) is 11.1 Å². The summed E-state index contributed by atoms with van der Waals surface area (Å²) in [6.07, 6.45) is 4.13. The van der Waals surface area contributed by atoms with Gasteiger partial charge in [0.25, 0.3) is 0 Å². The molecule has 2 aromatic rings. The zero-order valence-electron chi connectivity index (χ0n) is 12.7. The van der Waals surface area contributed by atoms with E-state index in [4.69, 9.17) is 5.11 Å². The van der Waals surface area contributed by atoms with Crippen molar-refractivity contribution in [3.05, 3.63) is 58.9 Å². The Kier molecular flexibility index (Phi) is 5.42. The molecular formula is C18H17F3O2. The molecule has 122 valence electrons. The highest BCUT2D eigenvalue weighted by Crippen LogP contribution is 2.29. The Labute approximate surface area is 132 Å². The SMILES string of the molecule is CCCCCc1ccc(-c2cc(F)c(F)c(F)c2C(=O)O)cc1. The second kappa shape index (κ2) is 7.31. The van der Waals surface area contributed by atoms with Crippen LogP contribution >= 0.6 is 0 Å². The van der Waals surface area contributed by atoms with E-state index in [0.29, 0.717) is 11.6 Å². The minimum Gasteiger partial charge on any atom is -0.478 e. The van der Waals surface area contributed by atoms with Crippen molar-refractivity contribution in [2.75, 3.05) is 0 Å². The molecule has 0 aromatic heterocycles. The lowest BCUT2D eigenvalue weighted by molar-refractivity contribution is 0.0691. The monoisotopic (exact) mass is 322 g/mol. The quantitative estimate of drug-likeness (QED) is 0.586. The van der Waals surface area contributed by atoms with Crippen molar-refractivity contribution < 1.29 is 23.1 Å². The van der Waals surface area contributed by atoms with E-state index < -0.39 is 29.0 Å². The number of rotatable bonds is 6. The molecule has 0 radical (unpaired) electrons. The lowest BCUT2D eigenvalue weighted by Crippen LogP contribution is -2.07. The highest BCUT2D eigenvalue weighted by molar-refractivity contribution is 5.96. The van der Waals surface area contributed by atoms with E-state index in [1.54, 1.807) is 24.3 Å². The van der Waals surface area contributed by atoms with Gasteiger partial charge in [0.2, 0.25) is 0 Å². The largest absolute Gasteiger partial charge is 0.478 e. The van der Waals surface area contributed by atoms with Crippen LogP contribution in [0.2, 0.25) is 0 Å². The molecule has 0 bridgehead atoms. The predicted octanol–water partition coefficient (Wildman–Crippen LogP) is 5.20. The lowest BCUT2D eigenvalue weighted by Gasteiger charge is -2.10. The van der Waals surface area contributed by atoms with E-state index in [1.165, 1.54) is 0 Å². The molecule has 0 fully saturated rings. The zero-order valence-corrected chi connectivity index (χ0v) is 12.7. The van der Waals surface area contributed by atoms with Crippen LogP contribution in [0.5, 0.6) is 0 Å². The van der Waals surface area contributed by atoms with Gasteiger partial charge in [0, 0.05) is 5.56 Å². The molecule has 2 nitrogen and oxygen atoms in total. The third-order valence-electron chi connectivity index (χ3n) is 3.71. The topological polar surface area (TPSA) is 37.3 Å². The van der Waals surface area contributed by atoms with Gasteiger partial charge in [-0.1, -0.05) is 44.0 Å². The Morgan fingerprint density at radius 3 is 2.26 bits per heavy atom. The van der Waals surface area contributed by atoms with Crippen LogP contribution in [0.3, 0.4) is 0 Å². The number of hydrogen-bond donors (Lipinski definition) is 1. The molecule has 0 aliphatic rings. The van der Waals surface area contributed by atoms with Crippen molar-refractivity contribution in [2.24, 2.45) is 0 Å². The summed E-state index contributed by atoms with van der Waals surface area (Å²) < 4.78 is 40.5. The van der Waals surface area contributed by atoms with Gasteiger partial charge in [0.15, 0.2) is 17.5 Å². The molecule has 0 heterocycles. The van der Waals surface area contributed by atoms with E-state index in [-0.39, 0.29) is 5.56 Å². The molecule has 0 atom stereocenters. The van der Waals surface area contributed by atoms with Crippen molar-refractivity contribution in [3.63, 3.8) is 0 Å². The van der Waals surface area contributed by atoms with E-state index >= 15 is 0 Å². The second-order valence-corrected chi connectivity index (χ2v) is 5.37. The van der Waals surface area contributed by atoms with Crippen LogP contribution in [0.4, 0.5) is 13.2 Å². The van der Waals surface area contributed by atoms with Crippen molar-refractivity contribution in [3.8, 4) is 11.1 Å². The van der Waals surface area contributed by atoms with Gasteiger partial charge in [-0.2, -0.15) is 0 Å². The molecule has 0 saturated carbocycles. The zero-order chi connectivity index (χ0) is 17.0.